The lowest BCUT2D eigenvalue weighted by Gasteiger charge is -2.31. The molecule has 0 aromatic rings. The van der Waals surface area contributed by atoms with E-state index in [1.54, 1.807) is 17.8 Å². The number of hydrogen-bond acceptors (Lipinski definition) is 3. The number of rotatable bonds is 0. The Hall–Kier alpha value is -0.0600. The summed E-state index contributed by atoms with van der Waals surface area (Å²) in [5.41, 5.74) is 0. The highest BCUT2D eigenvalue weighted by Gasteiger charge is 2.22. The van der Waals surface area contributed by atoms with E-state index in [4.69, 9.17) is 12.2 Å². The Kier molecular flexibility index (Phi) is 3.54. The van der Waals surface area contributed by atoms with E-state index in [2.05, 4.69) is 0 Å². The number of allylic oxidation sites excluding steroid dienone is 1. The summed E-state index contributed by atoms with van der Waals surface area (Å²) in [6.07, 6.45) is 2.16. The lowest BCUT2D eigenvalue weighted by molar-refractivity contribution is -0.307. The van der Waals surface area contributed by atoms with Crippen LogP contribution in [0.3, 0.4) is 0 Å². The first kappa shape index (κ1) is 10.9. The lowest BCUT2D eigenvalue weighted by atomic mass is 10.1. The van der Waals surface area contributed by atoms with Crippen LogP contribution in [0.4, 0.5) is 0 Å². The summed E-state index contributed by atoms with van der Waals surface area (Å²) in [7, 11) is 0. The maximum Gasteiger partial charge on any atom is 0.0701 e. The third-order valence-corrected chi connectivity index (χ3v) is 2.64. The van der Waals surface area contributed by atoms with Crippen molar-refractivity contribution in [3.8, 4) is 0 Å². The van der Waals surface area contributed by atoms with Gasteiger partial charge in [-0.05, 0) is 12.5 Å². The normalized spacial score (nSPS) is 22.0. The lowest BCUT2D eigenvalue weighted by Crippen LogP contribution is -2.25. The van der Waals surface area contributed by atoms with Crippen molar-refractivity contribution < 1.29 is 5.11 Å². The van der Waals surface area contributed by atoms with E-state index in [0.29, 0.717) is 6.42 Å². The molecule has 1 aliphatic rings. The molecule has 0 aromatic carbocycles. The molecule has 0 spiro atoms. The summed E-state index contributed by atoms with van der Waals surface area (Å²) < 4.78 is 0.740. The predicted molar refractivity (Wildman–Crippen MR) is 53.0 cm³/mol. The minimum atomic E-state index is 0. The van der Waals surface area contributed by atoms with Gasteiger partial charge in [0, 0.05) is 4.75 Å². The Morgan fingerprint density at radius 2 is 2.18 bits per heavy atom. The van der Waals surface area contributed by atoms with Crippen LogP contribution in [0.2, 0.25) is 0 Å². The summed E-state index contributed by atoms with van der Waals surface area (Å²) >= 11 is 6.52. The van der Waals surface area contributed by atoms with Gasteiger partial charge in [-0.25, -0.2) is 0 Å². The molecular weight excluding hydrogens is 178 g/mol. The van der Waals surface area contributed by atoms with Crippen molar-refractivity contribution in [2.24, 2.45) is 0 Å². The monoisotopic (exact) mass is 191 g/mol. The fourth-order valence-corrected chi connectivity index (χ4v) is 2.70. The molecule has 4 N–H and O–H groups in total. The molecule has 0 bridgehead atoms. The van der Waals surface area contributed by atoms with Crippen molar-refractivity contribution >= 4 is 28.2 Å². The molecular formula is C7H13NOS2. The van der Waals surface area contributed by atoms with E-state index >= 15 is 0 Å². The molecule has 0 amide bonds. The molecule has 0 aliphatic carbocycles. The molecule has 1 rings (SSSR count). The number of quaternary nitrogens is 1. The van der Waals surface area contributed by atoms with E-state index in [1.165, 1.54) is 0 Å². The second kappa shape index (κ2) is 3.56. The molecule has 0 saturated carbocycles. The van der Waals surface area contributed by atoms with Crippen LogP contribution in [0, 0.1) is 0 Å². The van der Waals surface area contributed by atoms with Crippen LogP contribution in [0.5, 0.6) is 0 Å². The smallest absolute Gasteiger partial charge is 0.0701 e. The third-order valence-electron chi connectivity index (χ3n) is 1.26. The van der Waals surface area contributed by atoms with Crippen molar-refractivity contribution in [1.29, 1.82) is 0 Å². The van der Waals surface area contributed by atoms with E-state index < -0.39 is 0 Å². The zero-order valence-electron chi connectivity index (χ0n) is 7.01. The van der Waals surface area contributed by atoms with E-state index in [0.717, 1.165) is 4.20 Å². The zero-order valence-corrected chi connectivity index (χ0v) is 8.64. The van der Waals surface area contributed by atoms with Gasteiger partial charge < -0.3 is 11.3 Å². The van der Waals surface area contributed by atoms with Gasteiger partial charge in [0.05, 0.1) is 4.20 Å². The number of thioether (sulfide) groups is 1. The molecule has 11 heavy (non-hydrogen) atoms. The van der Waals surface area contributed by atoms with E-state index in [-0.39, 0.29) is 16.7 Å². The minimum Gasteiger partial charge on any atom is -0.875 e. The predicted octanol–water partition coefficient (Wildman–Crippen LogP) is 1.85. The van der Waals surface area contributed by atoms with Crippen molar-refractivity contribution in [1.82, 2.24) is 6.15 Å². The minimum absolute atomic E-state index is 0. The Balaban J connectivity index is 0.000001000. The maximum absolute atomic E-state index is 10.9. The maximum atomic E-state index is 10.9. The van der Waals surface area contributed by atoms with Crippen LogP contribution >= 0.6 is 24.0 Å². The largest absolute Gasteiger partial charge is 0.875 e. The highest BCUT2D eigenvalue weighted by molar-refractivity contribution is 8.24. The van der Waals surface area contributed by atoms with Gasteiger partial charge >= 0.3 is 0 Å². The number of hydrogen-bond donors (Lipinski definition) is 1. The molecule has 0 saturated heterocycles. The van der Waals surface area contributed by atoms with Gasteiger partial charge in [-0.3, -0.25) is 0 Å². The molecule has 0 fully saturated rings. The molecule has 1 aliphatic heterocycles. The first-order valence-electron chi connectivity index (χ1n) is 3.10. The fraction of sp³-hybridized carbons (Fsp3) is 0.571. The average Bonchev–Trinajstić information content (AvgIpc) is 1.54. The van der Waals surface area contributed by atoms with E-state index in [1.807, 2.05) is 13.8 Å². The molecule has 4 heteroatoms. The van der Waals surface area contributed by atoms with Crippen LogP contribution in [-0.2, 0) is 0 Å². The Bertz CT molecular complexity index is 199. The topological polar surface area (TPSA) is 59.6 Å². The molecule has 64 valence electrons. The SMILES string of the molecule is CC1(C)CC([O-])=CC(=S)S1.[NH4+]. The van der Waals surface area contributed by atoms with E-state index in [9.17, 15) is 5.11 Å². The van der Waals surface area contributed by atoms with Crippen LogP contribution < -0.4 is 11.3 Å². The molecule has 0 radical (unpaired) electrons. The van der Waals surface area contributed by atoms with Gasteiger partial charge in [0.2, 0.25) is 0 Å². The standard InChI is InChI=1S/C7H10OS2.H3N/c1-7(2)4-5(8)3-6(9)10-7;/h3,8H,4H2,1-2H3;1H3. The van der Waals surface area contributed by atoms with Gasteiger partial charge in [0.15, 0.2) is 0 Å². The van der Waals surface area contributed by atoms with Crippen molar-refractivity contribution in [2.45, 2.75) is 25.0 Å². The summed E-state index contributed by atoms with van der Waals surface area (Å²) in [4.78, 5) is 0. The van der Waals surface area contributed by atoms with Crippen molar-refractivity contribution in [2.75, 3.05) is 0 Å². The summed E-state index contributed by atoms with van der Waals surface area (Å²) in [5.74, 6) is 0.161. The first-order valence-corrected chi connectivity index (χ1v) is 4.33. The second-order valence-electron chi connectivity index (χ2n) is 2.97. The van der Waals surface area contributed by atoms with Crippen LogP contribution in [0.15, 0.2) is 11.8 Å². The van der Waals surface area contributed by atoms with Gasteiger partial charge in [-0.1, -0.05) is 26.1 Å². The second-order valence-corrected chi connectivity index (χ2v) is 5.42. The van der Waals surface area contributed by atoms with Crippen molar-refractivity contribution in [3.05, 3.63) is 11.8 Å². The Morgan fingerprint density at radius 1 is 1.64 bits per heavy atom. The van der Waals surface area contributed by atoms with Crippen LogP contribution in [0.25, 0.3) is 0 Å². The van der Waals surface area contributed by atoms with Crippen LogP contribution in [-0.4, -0.2) is 8.94 Å². The Labute approximate surface area is 76.6 Å². The summed E-state index contributed by atoms with van der Waals surface area (Å²) in [6, 6.07) is 0. The third kappa shape index (κ3) is 3.22. The number of thiocarbonyl (C=S) groups is 1. The first-order chi connectivity index (χ1) is 4.49. The Morgan fingerprint density at radius 3 is 2.55 bits per heavy atom. The van der Waals surface area contributed by atoms with Gasteiger partial charge in [-0.15, -0.1) is 17.5 Å². The van der Waals surface area contributed by atoms with Gasteiger partial charge in [-0.2, -0.15) is 0 Å². The van der Waals surface area contributed by atoms with Crippen molar-refractivity contribution in [3.63, 3.8) is 0 Å². The quantitative estimate of drug-likeness (QED) is 0.594. The highest BCUT2D eigenvalue weighted by atomic mass is 32.2. The van der Waals surface area contributed by atoms with Crippen LogP contribution in [0.1, 0.15) is 20.3 Å². The molecule has 0 unspecified atom stereocenters. The average molecular weight is 191 g/mol. The van der Waals surface area contributed by atoms with Gasteiger partial charge in [0.25, 0.3) is 0 Å². The van der Waals surface area contributed by atoms with Gasteiger partial charge in [0.1, 0.15) is 0 Å². The summed E-state index contributed by atoms with van der Waals surface area (Å²) in [5, 5.41) is 10.9. The zero-order chi connectivity index (χ0) is 7.78. The molecule has 1 heterocycles. The molecule has 2 nitrogen and oxygen atoms in total. The highest BCUT2D eigenvalue weighted by Crippen LogP contribution is 2.35. The fourth-order valence-electron chi connectivity index (χ4n) is 0.940. The summed E-state index contributed by atoms with van der Waals surface area (Å²) in [6.45, 7) is 4.07. The molecule has 0 aromatic heterocycles. The molecule has 0 atom stereocenters.